The predicted octanol–water partition coefficient (Wildman–Crippen LogP) is 1.39. The first kappa shape index (κ1) is 9.67. The molecule has 1 aromatic carbocycles. The van der Waals surface area contributed by atoms with E-state index in [1.165, 1.54) is 0 Å². The van der Waals surface area contributed by atoms with E-state index in [9.17, 15) is 10.1 Å². The van der Waals surface area contributed by atoms with Gasteiger partial charge in [-0.15, -0.1) is 0 Å². The lowest BCUT2D eigenvalue weighted by Gasteiger charge is -2.11. The van der Waals surface area contributed by atoms with Crippen LogP contribution in [0.15, 0.2) is 30.3 Å². The fourth-order valence-corrected chi connectivity index (χ4v) is 1.11. The van der Waals surface area contributed by atoms with Crippen molar-refractivity contribution in [3.63, 3.8) is 0 Å². The number of aliphatic hydroxyl groups excluding tert-OH is 1. The Morgan fingerprint density at radius 3 is 2.38 bits per heavy atom. The summed E-state index contributed by atoms with van der Waals surface area (Å²) in [4.78, 5) is 9.59. The number of aliphatic hydroxyl groups is 1. The molecule has 0 spiro atoms. The zero-order valence-electron chi connectivity index (χ0n) is 7.25. The molecule has 0 radical (unpaired) electrons. The molecule has 4 nitrogen and oxygen atoms in total. The van der Waals surface area contributed by atoms with Crippen molar-refractivity contribution in [1.82, 2.24) is 0 Å². The Bertz CT molecular complexity index is 286. The van der Waals surface area contributed by atoms with Gasteiger partial charge in [0.15, 0.2) is 0 Å². The van der Waals surface area contributed by atoms with Crippen LogP contribution in [-0.4, -0.2) is 16.3 Å². The van der Waals surface area contributed by atoms with E-state index in [0.29, 0.717) is 0 Å². The predicted molar refractivity (Wildman–Crippen MR) is 47.9 cm³/mol. The molecule has 0 saturated carbocycles. The quantitative estimate of drug-likeness (QED) is 0.435. The van der Waals surface area contributed by atoms with Crippen LogP contribution in [0, 0.1) is 10.1 Å². The van der Waals surface area contributed by atoms with E-state index in [-0.39, 0.29) is 0 Å². The molecule has 0 aliphatic heterocycles. The van der Waals surface area contributed by atoms with Crippen molar-refractivity contribution in [2.24, 2.45) is 0 Å². The first-order valence-electron chi connectivity index (χ1n) is 3.99. The van der Waals surface area contributed by atoms with Gasteiger partial charge in [0.05, 0.1) is 10.8 Å². The minimum absolute atomic E-state index is 0.476. The van der Waals surface area contributed by atoms with Gasteiger partial charge < -0.3 is 5.11 Å². The average molecular weight is 181 g/mol. The van der Waals surface area contributed by atoms with Gasteiger partial charge in [-0.3, -0.25) is 10.1 Å². The van der Waals surface area contributed by atoms with Gasteiger partial charge in [0.2, 0.25) is 0 Å². The Kier molecular flexibility index (Phi) is 2.97. The Balaban J connectivity index is 2.79. The zero-order chi connectivity index (χ0) is 9.84. The van der Waals surface area contributed by atoms with Crippen LogP contribution in [0.25, 0.3) is 0 Å². The molecule has 2 atom stereocenters. The fourth-order valence-electron chi connectivity index (χ4n) is 1.11. The highest BCUT2D eigenvalue weighted by Crippen LogP contribution is 2.18. The normalized spacial score (nSPS) is 14.9. The fraction of sp³-hybridized carbons (Fsp3) is 0.333. The summed E-state index contributed by atoms with van der Waals surface area (Å²) in [5.41, 5.74) is 0.770. The Morgan fingerprint density at radius 2 is 1.92 bits per heavy atom. The summed E-state index contributed by atoms with van der Waals surface area (Å²) in [6, 6.07) is 8.93. The lowest BCUT2D eigenvalue weighted by atomic mass is 10.0. The van der Waals surface area contributed by atoms with E-state index in [4.69, 9.17) is 5.11 Å². The van der Waals surface area contributed by atoms with Gasteiger partial charge in [0.1, 0.15) is 0 Å². The summed E-state index contributed by atoms with van der Waals surface area (Å²) in [7, 11) is 0. The molecule has 0 amide bonds. The zero-order valence-corrected chi connectivity index (χ0v) is 7.25. The molecular formula is C9H11NO3. The molecule has 0 bridgehead atoms. The lowest BCUT2D eigenvalue weighted by molar-refractivity contribution is -0.574. The third kappa shape index (κ3) is 2.26. The van der Waals surface area contributed by atoms with Crippen molar-refractivity contribution in [3.8, 4) is 0 Å². The standard InChI is InChI=1S/C9H11NO3/c1-7(9(11)10(12)13)8-5-3-2-4-6-8/h2-7,9,11H,1H3. The van der Waals surface area contributed by atoms with Crippen LogP contribution in [0.2, 0.25) is 0 Å². The van der Waals surface area contributed by atoms with E-state index in [1.54, 1.807) is 31.2 Å². The summed E-state index contributed by atoms with van der Waals surface area (Å²) < 4.78 is 0. The summed E-state index contributed by atoms with van der Waals surface area (Å²) in [5.74, 6) is -0.476. The molecule has 1 aromatic rings. The summed E-state index contributed by atoms with van der Waals surface area (Å²) in [6.45, 7) is 1.63. The number of hydrogen-bond acceptors (Lipinski definition) is 3. The molecular weight excluding hydrogens is 170 g/mol. The highest BCUT2D eigenvalue weighted by molar-refractivity contribution is 5.19. The minimum Gasteiger partial charge on any atom is -0.332 e. The Hall–Kier alpha value is -1.42. The average Bonchev–Trinajstić information content (AvgIpc) is 2.17. The third-order valence-electron chi connectivity index (χ3n) is 1.99. The molecule has 0 aromatic heterocycles. The highest BCUT2D eigenvalue weighted by atomic mass is 16.7. The van der Waals surface area contributed by atoms with Crippen LogP contribution < -0.4 is 0 Å². The van der Waals surface area contributed by atoms with Crippen molar-refractivity contribution in [2.75, 3.05) is 0 Å². The maximum absolute atomic E-state index is 10.3. The van der Waals surface area contributed by atoms with Crippen LogP contribution in [0.1, 0.15) is 18.4 Å². The van der Waals surface area contributed by atoms with Gasteiger partial charge in [-0.1, -0.05) is 30.3 Å². The van der Waals surface area contributed by atoms with Crippen LogP contribution in [0.5, 0.6) is 0 Å². The molecule has 4 heteroatoms. The van der Waals surface area contributed by atoms with Crippen LogP contribution in [-0.2, 0) is 0 Å². The summed E-state index contributed by atoms with van der Waals surface area (Å²) in [5, 5.41) is 19.4. The van der Waals surface area contributed by atoms with Crippen molar-refractivity contribution in [3.05, 3.63) is 46.0 Å². The van der Waals surface area contributed by atoms with E-state index in [2.05, 4.69) is 0 Å². The molecule has 0 aliphatic rings. The molecule has 0 fully saturated rings. The molecule has 0 aliphatic carbocycles. The maximum atomic E-state index is 10.3. The van der Waals surface area contributed by atoms with Gasteiger partial charge in [0, 0.05) is 0 Å². The second kappa shape index (κ2) is 4.00. The largest absolute Gasteiger partial charge is 0.332 e. The van der Waals surface area contributed by atoms with Crippen LogP contribution in [0.4, 0.5) is 0 Å². The van der Waals surface area contributed by atoms with E-state index in [1.807, 2.05) is 6.07 Å². The van der Waals surface area contributed by atoms with Crippen molar-refractivity contribution < 1.29 is 10.0 Å². The second-order valence-electron chi connectivity index (χ2n) is 2.90. The van der Waals surface area contributed by atoms with Crippen molar-refractivity contribution in [1.29, 1.82) is 0 Å². The Morgan fingerprint density at radius 1 is 1.38 bits per heavy atom. The molecule has 1 rings (SSSR count). The number of nitrogens with zero attached hydrogens (tertiary/aromatic N) is 1. The van der Waals surface area contributed by atoms with Gasteiger partial charge >= 0.3 is 6.23 Å². The monoisotopic (exact) mass is 181 g/mol. The van der Waals surface area contributed by atoms with Crippen molar-refractivity contribution >= 4 is 0 Å². The molecule has 2 unspecified atom stereocenters. The minimum atomic E-state index is -1.53. The van der Waals surface area contributed by atoms with Crippen LogP contribution >= 0.6 is 0 Å². The van der Waals surface area contributed by atoms with E-state index < -0.39 is 17.1 Å². The highest BCUT2D eigenvalue weighted by Gasteiger charge is 2.25. The molecule has 70 valence electrons. The van der Waals surface area contributed by atoms with Gasteiger partial charge in [0.25, 0.3) is 0 Å². The first-order valence-corrected chi connectivity index (χ1v) is 3.99. The molecule has 1 N–H and O–H groups in total. The van der Waals surface area contributed by atoms with Crippen LogP contribution in [0.3, 0.4) is 0 Å². The number of nitro groups is 1. The maximum Gasteiger partial charge on any atom is 0.319 e. The first-order chi connectivity index (χ1) is 6.13. The number of rotatable bonds is 3. The third-order valence-corrected chi connectivity index (χ3v) is 1.99. The second-order valence-corrected chi connectivity index (χ2v) is 2.90. The topological polar surface area (TPSA) is 63.4 Å². The lowest BCUT2D eigenvalue weighted by Crippen LogP contribution is -2.25. The molecule has 13 heavy (non-hydrogen) atoms. The summed E-state index contributed by atoms with van der Waals surface area (Å²) >= 11 is 0. The van der Waals surface area contributed by atoms with Gasteiger partial charge in [-0.25, -0.2) is 0 Å². The molecule has 0 heterocycles. The van der Waals surface area contributed by atoms with E-state index >= 15 is 0 Å². The smallest absolute Gasteiger partial charge is 0.319 e. The number of hydrogen-bond donors (Lipinski definition) is 1. The van der Waals surface area contributed by atoms with Gasteiger partial charge in [-0.05, 0) is 12.5 Å². The number of benzene rings is 1. The SMILES string of the molecule is CC(c1ccccc1)C(O)[N+](=O)[O-]. The Labute approximate surface area is 76.0 Å². The van der Waals surface area contributed by atoms with Gasteiger partial charge in [-0.2, -0.15) is 0 Å². The summed E-state index contributed by atoms with van der Waals surface area (Å²) in [6.07, 6.45) is -1.53. The molecule has 0 saturated heterocycles. The van der Waals surface area contributed by atoms with E-state index in [0.717, 1.165) is 5.56 Å². The van der Waals surface area contributed by atoms with Crippen molar-refractivity contribution in [2.45, 2.75) is 19.1 Å².